The minimum atomic E-state index is -3.54. The second-order valence-corrected chi connectivity index (χ2v) is 7.46. The number of hydrogen-bond acceptors (Lipinski definition) is 4. The largest absolute Gasteiger partial charge is 0.389 e. The Morgan fingerprint density at radius 3 is 2.60 bits per heavy atom. The maximum atomic E-state index is 11.8. The molecule has 1 aromatic rings. The third-order valence-electron chi connectivity index (χ3n) is 2.74. The Morgan fingerprint density at radius 1 is 1.35 bits per heavy atom. The van der Waals surface area contributed by atoms with Crippen LogP contribution >= 0.6 is 11.8 Å². The Kier molecular flexibility index (Phi) is 6.75. The van der Waals surface area contributed by atoms with E-state index >= 15 is 0 Å². The lowest BCUT2D eigenvalue weighted by atomic mass is 10.1. The quantitative estimate of drug-likeness (QED) is 0.771. The molecule has 0 saturated carbocycles. The van der Waals surface area contributed by atoms with Crippen LogP contribution < -0.4 is 4.72 Å². The third kappa shape index (κ3) is 7.09. The Hall–Kier alpha value is -0.820. The normalized spacial score (nSPS) is 15.3. The van der Waals surface area contributed by atoms with E-state index in [0.717, 1.165) is 16.7 Å². The molecule has 0 heterocycles. The van der Waals surface area contributed by atoms with E-state index < -0.39 is 15.6 Å². The molecule has 0 fully saturated rings. The lowest BCUT2D eigenvalue weighted by molar-refractivity contribution is 0.0627. The lowest BCUT2D eigenvalue weighted by Crippen LogP contribution is -2.40. The van der Waals surface area contributed by atoms with Crippen molar-refractivity contribution >= 4 is 27.9 Å². The zero-order chi connectivity index (χ0) is 15.1. The molecule has 1 aromatic carbocycles. The van der Waals surface area contributed by atoms with Gasteiger partial charge in [0.2, 0.25) is 10.0 Å². The molecule has 4 nitrogen and oxygen atoms in total. The molecule has 0 spiro atoms. The van der Waals surface area contributed by atoms with Gasteiger partial charge in [0.25, 0.3) is 0 Å². The van der Waals surface area contributed by atoms with Crippen LogP contribution in [0.15, 0.2) is 35.7 Å². The monoisotopic (exact) mass is 315 g/mol. The van der Waals surface area contributed by atoms with Gasteiger partial charge in [-0.05, 0) is 37.0 Å². The number of benzene rings is 1. The van der Waals surface area contributed by atoms with Gasteiger partial charge in [-0.25, -0.2) is 13.1 Å². The molecule has 0 aliphatic carbocycles. The maximum Gasteiger partial charge on any atom is 0.233 e. The second-order valence-electron chi connectivity index (χ2n) is 4.82. The molecule has 0 bridgehead atoms. The summed E-state index contributed by atoms with van der Waals surface area (Å²) < 4.78 is 26.0. The van der Waals surface area contributed by atoms with E-state index in [-0.39, 0.29) is 6.54 Å². The standard InChI is InChI=1S/C14H21NO3S2/c1-14(16,9-10-19-2)12-15-20(17,18)11-8-13-6-4-3-5-7-13/h3-8,11,15-16H,9-10,12H2,1-2H3. The molecular weight excluding hydrogens is 294 g/mol. The molecular formula is C14H21NO3S2. The van der Waals surface area contributed by atoms with Crippen molar-refractivity contribution in [1.29, 1.82) is 0 Å². The van der Waals surface area contributed by atoms with E-state index in [4.69, 9.17) is 0 Å². The summed E-state index contributed by atoms with van der Waals surface area (Å²) in [7, 11) is -3.54. The molecule has 20 heavy (non-hydrogen) atoms. The number of thioether (sulfide) groups is 1. The fourth-order valence-electron chi connectivity index (χ4n) is 1.45. The van der Waals surface area contributed by atoms with Crippen molar-refractivity contribution in [3.63, 3.8) is 0 Å². The third-order valence-corrected chi connectivity index (χ3v) is 4.39. The minimum Gasteiger partial charge on any atom is -0.389 e. The van der Waals surface area contributed by atoms with Crippen molar-refractivity contribution in [1.82, 2.24) is 4.72 Å². The molecule has 0 aliphatic rings. The highest BCUT2D eigenvalue weighted by Crippen LogP contribution is 2.12. The van der Waals surface area contributed by atoms with Crippen LogP contribution in [0.1, 0.15) is 18.9 Å². The SMILES string of the molecule is CSCCC(C)(O)CNS(=O)(=O)C=Cc1ccccc1. The zero-order valence-corrected chi connectivity index (χ0v) is 13.4. The first-order chi connectivity index (χ1) is 9.35. The molecule has 2 N–H and O–H groups in total. The smallest absolute Gasteiger partial charge is 0.233 e. The number of sulfonamides is 1. The van der Waals surface area contributed by atoms with Gasteiger partial charge in [0, 0.05) is 12.0 Å². The van der Waals surface area contributed by atoms with E-state index in [1.165, 1.54) is 6.08 Å². The van der Waals surface area contributed by atoms with Crippen LogP contribution in [0.25, 0.3) is 6.08 Å². The van der Waals surface area contributed by atoms with Gasteiger partial charge in [-0.3, -0.25) is 0 Å². The Morgan fingerprint density at radius 2 is 2.00 bits per heavy atom. The van der Waals surface area contributed by atoms with Gasteiger partial charge in [0.15, 0.2) is 0 Å². The highest BCUT2D eigenvalue weighted by molar-refractivity contribution is 7.98. The van der Waals surface area contributed by atoms with Gasteiger partial charge >= 0.3 is 0 Å². The summed E-state index contributed by atoms with van der Waals surface area (Å²) >= 11 is 1.62. The van der Waals surface area contributed by atoms with Crippen LogP contribution in [-0.2, 0) is 10.0 Å². The fourth-order valence-corrected chi connectivity index (χ4v) is 3.04. The van der Waals surface area contributed by atoms with Crippen LogP contribution in [0.4, 0.5) is 0 Å². The molecule has 1 atom stereocenters. The van der Waals surface area contributed by atoms with Crippen molar-refractivity contribution in [2.45, 2.75) is 18.9 Å². The predicted molar refractivity (Wildman–Crippen MR) is 86.0 cm³/mol. The highest BCUT2D eigenvalue weighted by atomic mass is 32.2. The average Bonchev–Trinajstić information content (AvgIpc) is 2.43. The van der Waals surface area contributed by atoms with E-state index in [0.29, 0.717) is 6.42 Å². The van der Waals surface area contributed by atoms with Gasteiger partial charge in [0.05, 0.1) is 5.60 Å². The number of nitrogens with one attached hydrogen (secondary N) is 1. The summed E-state index contributed by atoms with van der Waals surface area (Å²) in [6.45, 7) is 1.64. The molecule has 0 saturated heterocycles. The van der Waals surface area contributed by atoms with Gasteiger partial charge < -0.3 is 5.11 Å². The molecule has 112 valence electrons. The van der Waals surface area contributed by atoms with Crippen LogP contribution in [0, 0.1) is 0 Å². The molecule has 0 amide bonds. The summed E-state index contributed by atoms with van der Waals surface area (Å²) in [5.41, 5.74) is -0.219. The summed E-state index contributed by atoms with van der Waals surface area (Å²) in [6.07, 6.45) is 4.01. The first-order valence-corrected chi connectivity index (χ1v) is 9.23. The molecule has 1 rings (SSSR count). The van der Waals surface area contributed by atoms with Crippen molar-refractivity contribution in [2.75, 3.05) is 18.6 Å². The number of aliphatic hydroxyl groups is 1. The molecule has 0 radical (unpaired) electrons. The van der Waals surface area contributed by atoms with Gasteiger partial charge in [-0.15, -0.1) is 0 Å². The van der Waals surface area contributed by atoms with Gasteiger partial charge in [0.1, 0.15) is 0 Å². The summed E-state index contributed by atoms with van der Waals surface area (Å²) in [5, 5.41) is 11.1. The van der Waals surface area contributed by atoms with E-state index in [1.807, 2.05) is 36.6 Å². The topological polar surface area (TPSA) is 66.4 Å². The summed E-state index contributed by atoms with van der Waals surface area (Å²) in [4.78, 5) is 0. The lowest BCUT2D eigenvalue weighted by Gasteiger charge is -2.22. The fraction of sp³-hybridized carbons (Fsp3) is 0.429. The van der Waals surface area contributed by atoms with Crippen molar-refractivity contribution < 1.29 is 13.5 Å². The Bertz CT molecular complexity index is 525. The van der Waals surface area contributed by atoms with E-state index in [1.54, 1.807) is 18.7 Å². The second kappa shape index (κ2) is 7.83. The first kappa shape index (κ1) is 17.2. The summed E-state index contributed by atoms with van der Waals surface area (Å²) in [5.74, 6) is 0.786. The molecule has 0 aromatic heterocycles. The number of rotatable bonds is 8. The Labute approximate surface area is 125 Å². The molecule has 0 aliphatic heterocycles. The van der Waals surface area contributed by atoms with E-state index in [2.05, 4.69) is 4.72 Å². The predicted octanol–water partition coefficient (Wildman–Crippen LogP) is 2.08. The van der Waals surface area contributed by atoms with Crippen molar-refractivity contribution in [3.05, 3.63) is 41.3 Å². The minimum absolute atomic E-state index is 0.00895. The van der Waals surface area contributed by atoms with Gasteiger partial charge in [-0.1, -0.05) is 30.3 Å². The Balaban J connectivity index is 2.56. The zero-order valence-electron chi connectivity index (χ0n) is 11.7. The van der Waals surface area contributed by atoms with Gasteiger partial charge in [-0.2, -0.15) is 11.8 Å². The van der Waals surface area contributed by atoms with E-state index in [9.17, 15) is 13.5 Å². The molecule has 1 unspecified atom stereocenters. The number of hydrogen-bond donors (Lipinski definition) is 2. The van der Waals surface area contributed by atoms with Crippen LogP contribution in [-0.4, -0.2) is 37.7 Å². The highest BCUT2D eigenvalue weighted by Gasteiger charge is 2.21. The average molecular weight is 315 g/mol. The van der Waals surface area contributed by atoms with Crippen LogP contribution in [0.5, 0.6) is 0 Å². The van der Waals surface area contributed by atoms with Crippen molar-refractivity contribution in [3.8, 4) is 0 Å². The maximum absolute atomic E-state index is 11.8. The van der Waals surface area contributed by atoms with Crippen LogP contribution in [0.2, 0.25) is 0 Å². The van der Waals surface area contributed by atoms with Crippen molar-refractivity contribution in [2.24, 2.45) is 0 Å². The first-order valence-electron chi connectivity index (χ1n) is 6.29. The summed E-state index contributed by atoms with van der Waals surface area (Å²) in [6, 6.07) is 9.19. The molecule has 6 heteroatoms. The van der Waals surface area contributed by atoms with Crippen LogP contribution in [0.3, 0.4) is 0 Å².